The molecule has 0 saturated carbocycles. The number of amides is 1. The summed E-state index contributed by atoms with van der Waals surface area (Å²) in [6.07, 6.45) is 2.03. The fraction of sp³-hybridized carbons (Fsp3) is 0.292. The summed E-state index contributed by atoms with van der Waals surface area (Å²) in [5.41, 5.74) is 1.92. The lowest BCUT2D eigenvalue weighted by Gasteiger charge is -2.05. The van der Waals surface area contributed by atoms with E-state index in [2.05, 4.69) is 4.99 Å². The average molecular weight is 485 g/mol. The second kappa shape index (κ2) is 10.3. The molecule has 2 heterocycles. The Bertz CT molecular complexity index is 1380. The maximum atomic E-state index is 13.0. The number of para-hydroxylation sites is 1. The molecule has 7 nitrogen and oxygen atoms in total. The molecule has 0 bridgehead atoms. The Balaban J connectivity index is 1.77. The van der Waals surface area contributed by atoms with E-state index in [0.29, 0.717) is 41.5 Å². The number of aromatic nitrogens is 1. The third kappa shape index (κ3) is 4.84. The van der Waals surface area contributed by atoms with Crippen LogP contribution in [0.5, 0.6) is 5.75 Å². The number of rotatable bonds is 8. The van der Waals surface area contributed by atoms with Crippen molar-refractivity contribution in [3.8, 4) is 5.75 Å². The zero-order chi connectivity index (χ0) is 23.4. The van der Waals surface area contributed by atoms with Crippen molar-refractivity contribution in [1.82, 2.24) is 4.57 Å². The number of benzene rings is 2. The average Bonchev–Trinajstić information content (AvgIpc) is 3.39. The van der Waals surface area contributed by atoms with Crippen molar-refractivity contribution in [3.63, 3.8) is 0 Å². The molecule has 0 atom stereocenters. The summed E-state index contributed by atoms with van der Waals surface area (Å²) in [5, 5.41) is 0.783. The maximum absolute atomic E-state index is 13.0. The number of thioether (sulfide) groups is 1. The van der Waals surface area contributed by atoms with E-state index in [4.69, 9.17) is 13.9 Å². The molecule has 0 aliphatic heterocycles. The van der Waals surface area contributed by atoms with Crippen LogP contribution in [0.3, 0.4) is 0 Å². The molecule has 0 N–H and O–H groups in total. The Hall–Kier alpha value is -3.04. The van der Waals surface area contributed by atoms with Crippen LogP contribution in [0, 0.1) is 0 Å². The van der Waals surface area contributed by atoms with Gasteiger partial charge in [0, 0.05) is 17.7 Å². The Labute approximate surface area is 199 Å². The molecule has 2 aromatic carbocycles. The molecule has 9 heteroatoms. The van der Waals surface area contributed by atoms with Gasteiger partial charge in [0.15, 0.2) is 21.9 Å². The number of esters is 1. The highest BCUT2D eigenvalue weighted by atomic mass is 32.2. The fourth-order valence-corrected chi connectivity index (χ4v) is 4.91. The van der Waals surface area contributed by atoms with Gasteiger partial charge in [-0.25, -0.2) is 4.79 Å². The summed E-state index contributed by atoms with van der Waals surface area (Å²) in [6, 6.07) is 12.6. The van der Waals surface area contributed by atoms with E-state index in [1.54, 1.807) is 36.9 Å². The molecule has 0 aliphatic rings. The lowest BCUT2D eigenvalue weighted by Crippen LogP contribution is -2.18. The first-order valence-corrected chi connectivity index (χ1v) is 12.8. The summed E-state index contributed by atoms with van der Waals surface area (Å²) in [4.78, 5) is 30.1. The van der Waals surface area contributed by atoms with Crippen molar-refractivity contribution in [1.29, 1.82) is 0 Å². The minimum absolute atomic E-state index is 0.151. The van der Waals surface area contributed by atoms with Crippen molar-refractivity contribution in [2.75, 3.05) is 25.2 Å². The zero-order valence-electron chi connectivity index (χ0n) is 18.6. The van der Waals surface area contributed by atoms with E-state index in [1.807, 2.05) is 42.0 Å². The highest BCUT2D eigenvalue weighted by Crippen LogP contribution is 2.29. The van der Waals surface area contributed by atoms with Crippen LogP contribution in [0.15, 0.2) is 51.9 Å². The molecular formula is C24H24N2O5S2. The summed E-state index contributed by atoms with van der Waals surface area (Å²) in [7, 11) is 0. The second-order valence-electron chi connectivity index (χ2n) is 7.07. The van der Waals surface area contributed by atoms with Crippen LogP contribution in [0.1, 0.15) is 34.8 Å². The Kier molecular flexibility index (Phi) is 7.20. The monoisotopic (exact) mass is 484 g/mol. The molecule has 2 aromatic heterocycles. The number of aryl methyl sites for hydroxylation is 1. The first-order valence-electron chi connectivity index (χ1n) is 10.6. The first kappa shape index (κ1) is 23.1. The van der Waals surface area contributed by atoms with Crippen molar-refractivity contribution >= 4 is 56.2 Å². The van der Waals surface area contributed by atoms with Gasteiger partial charge in [-0.3, -0.25) is 4.79 Å². The van der Waals surface area contributed by atoms with Gasteiger partial charge in [0.1, 0.15) is 0 Å². The van der Waals surface area contributed by atoms with Crippen LogP contribution in [0.2, 0.25) is 0 Å². The number of hydrogen-bond acceptors (Lipinski definition) is 7. The molecular weight excluding hydrogens is 460 g/mol. The number of carbonyl (C=O) groups is 2. The molecule has 0 unspecified atom stereocenters. The predicted octanol–water partition coefficient (Wildman–Crippen LogP) is 5.13. The first-order chi connectivity index (χ1) is 16.0. The van der Waals surface area contributed by atoms with Gasteiger partial charge in [0.25, 0.3) is 0 Å². The van der Waals surface area contributed by atoms with Crippen molar-refractivity contribution in [2.45, 2.75) is 20.4 Å². The molecule has 172 valence electrons. The van der Waals surface area contributed by atoms with Crippen LogP contribution in [-0.2, 0) is 11.3 Å². The number of hydrogen-bond donors (Lipinski definition) is 0. The third-order valence-electron chi connectivity index (χ3n) is 4.93. The fourth-order valence-electron chi connectivity index (χ4n) is 3.45. The molecule has 33 heavy (non-hydrogen) atoms. The van der Waals surface area contributed by atoms with Crippen molar-refractivity contribution in [3.05, 3.63) is 58.6 Å². The summed E-state index contributed by atoms with van der Waals surface area (Å²) >= 11 is 3.06. The molecule has 1 amide bonds. The number of ether oxygens (including phenoxy) is 2. The number of fused-ring (bicyclic) bond motifs is 2. The van der Waals surface area contributed by atoms with Crippen molar-refractivity contribution < 1.29 is 23.5 Å². The SMILES string of the molecule is CCOC(=O)c1ccc2c(c1)sc(=NC(=O)c1cc3cccc(OCC)c3o1)n2CCSC. The molecule has 0 radical (unpaired) electrons. The predicted molar refractivity (Wildman–Crippen MR) is 131 cm³/mol. The largest absolute Gasteiger partial charge is 0.490 e. The standard InChI is InChI=1S/C24H24N2O5S2/c1-4-29-18-8-6-7-15-13-19(31-21(15)18)22(27)25-24-26(11-12-32-3)17-10-9-16(14-20(17)33-24)23(28)30-5-2/h6-10,13-14H,4-5,11-12H2,1-3H3. The molecule has 0 saturated heterocycles. The maximum Gasteiger partial charge on any atom is 0.338 e. The number of nitrogens with zero attached hydrogens (tertiary/aromatic N) is 2. The summed E-state index contributed by atoms with van der Waals surface area (Å²) in [6.45, 7) is 5.16. The van der Waals surface area contributed by atoms with Gasteiger partial charge in [-0.15, -0.1) is 0 Å². The highest BCUT2D eigenvalue weighted by molar-refractivity contribution is 7.98. The van der Waals surface area contributed by atoms with Gasteiger partial charge in [0.05, 0.1) is 29.0 Å². The van der Waals surface area contributed by atoms with Crippen LogP contribution in [0.25, 0.3) is 21.2 Å². The summed E-state index contributed by atoms with van der Waals surface area (Å²) < 4.78 is 19.4. The normalized spacial score (nSPS) is 11.9. The van der Waals surface area contributed by atoms with Gasteiger partial charge >= 0.3 is 11.9 Å². The van der Waals surface area contributed by atoms with E-state index in [9.17, 15) is 9.59 Å². The van der Waals surface area contributed by atoms with Gasteiger partial charge in [-0.05, 0) is 50.4 Å². The minimum atomic E-state index is -0.469. The number of carbonyl (C=O) groups excluding carboxylic acids is 2. The molecule has 4 rings (SSSR count). The topological polar surface area (TPSA) is 83.0 Å². The quantitative estimate of drug-likeness (QED) is 0.323. The molecule has 4 aromatic rings. The van der Waals surface area contributed by atoms with E-state index in [1.165, 1.54) is 11.3 Å². The van der Waals surface area contributed by atoms with Crippen LogP contribution < -0.4 is 9.54 Å². The van der Waals surface area contributed by atoms with Gasteiger partial charge in [0.2, 0.25) is 0 Å². The van der Waals surface area contributed by atoms with Crippen LogP contribution in [0.4, 0.5) is 0 Å². The molecule has 0 aliphatic carbocycles. The third-order valence-corrected chi connectivity index (χ3v) is 6.56. The van der Waals surface area contributed by atoms with Gasteiger partial charge in [-0.1, -0.05) is 23.5 Å². The Morgan fingerprint density at radius 2 is 2.00 bits per heavy atom. The van der Waals surface area contributed by atoms with E-state index < -0.39 is 5.91 Å². The van der Waals surface area contributed by atoms with Crippen LogP contribution in [-0.4, -0.2) is 41.7 Å². The molecule has 0 spiro atoms. The van der Waals surface area contributed by atoms with E-state index >= 15 is 0 Å². The lowest BCUT2D eigenvalue weighted by atomic mass is 10.2. The Morgan fingerprint density at radius 1 is 1.15 bits per heavy atom. The molecule has 0 fully saturated rings. The highest BCUT2D eigenvalue weighted by Gasteiger charge is 2.17. The van der Waals surface area contributed by atoms with E-state index in [0.717, 1.165) is 21.4 Å². The van der Waals surface area contributed by atoms with E-state index in [-0.39, 0.29) is 11.7 Å². The van der Waals surface area contributed by atoms with Crippen molar-refractivity contribution in [2.24, 2.45) is 4.99 Å². The minimum Gasteiger partial charge on any atom is -0.490 e. The zero-order valence-corrected chi connectivity index (χ0v) is 20.3. The number of furan rings is 1. The van der Waals surface area contributed by atoms with Crippen LogP contribution >= 0.6 is 23.1 Å². The second-order valence-corrected chi connectivity index (χ2v) is 9.06. The summed E-state index contributed by atoms with van der Waals surface area (Å²) in [5.74, 6) is 0.764. The Morgan fingerprint density at radius 3 is 2.76 bits per heavy atom. The number of thiazole rings is 1. The smallest absolute Gasteiger partial charge is 0.338 e. The lowest BCUT2D eigenvalue weighted by molar-refractivity contribution is 0.0526. The van der Waals surface area contributed by atoms with Gasteiger partial charge < -0.3 is 18.5 Å². The van der Waals surface area contributed by atoms with Gasteiger partial charge in [-0.2, -0.15) is 16.8 Å².